The Hall–Kier alpha value is -0.452. The van der Waals surface area contributed by atoms with Crippen molar-refractivity contribution in [2.24, 2.45) is 0 Å². The van der Waals surface area contributed by atoms with Gasteiger partial charge in [-0.2, -0.15) is 0 Å². The summed E-state index contributed by atoms with van der Waals surface area (Å²) >= 11 is 0. The lowest BCUT2D eigenvalue weighted by Crippen LogP contribution is -2.32. The minimum Gasteiger partial charge on any atom is -0.552 e. The molecule has 0 saturated carbocycles. The lowest BCUT2D eigenvalue weighted by molar-refractivity contribution is 0.0918. The second-order valence-corrected chi connectivity index (χ2v) is 14.6. The van der Waals surface area contributed by atoms with Gasteiger partial charge in [0.05, 0.1) is 5.38 Å². The highest BCUT2D eigenvalue weighted by molar-refractivity contribution is 6.71. The van der Waals surface area contributed by atoms with Crippen molar-refractivity contribution in [3.63, 3.8) is 0 Å². The summed E-state index contributed by atoms with van der Waals surface area (Å²) < 4.78 is 17.7. The molecule has 0 unspecified atom stereocenters. The normalized spacial score (nSPS) is 14.8. The first-order chi connectivity index (χ1) is 11.0. The van der Waals surface area contributed by atoms with Crippen LogP contribution in [0.25, 0.3) is 6.08 Å². The van der Waals surface area contributed by atoms with Gasteiger partial charge in [-0.15, -0.1) is 0 Å². The standard InChI is InChI=1S/C17H34O3Si4/c1-10-11(2)13(4)15(14(5)12(10)3)9-16(20-24(6,7)8)23-17(18-21)19-22/h9,17H,23H2,1-8,21-22H3. The fourth-order valence-corrected chi connectivity index (χ4v) is 8.09. The zero-order chi connectivity index (χ0) is 18.7. The Labute approximate surface area is 157 Å². The molecule has 24 heavy (non-hydrogen) atoms. The summed E-state index contributed by atoms with van der Waals surface area (Å²) in [5.74, 6) is -0.0285. The molecule has 1 aromatic carbocycles. The maximum atomic E-state index is 6.43. The first-order valence-corrected chi connectivity index (χ1v) is 15.1. The van der Waals surface area contributed by atoms with E-state index in [4.69, 9.17) is 13.3 Å². The van der Waals surface area contributed by atoms with Crippen molar-refractivity contribution in [3.05, 3.63) is 38.8 Å². The summed E-state index contributed by atoms with van der Waals surface area (Å²) in [6, 6.07) is 0. The molecule has 0 aliphatic heterocycles. The number of benzene rings is 1. The zero-order valence-electron chi connectivity index (χ0n) is 17.1. The van der Waals surface area contributed by atoms with E-state index in [1.807, 2.05) is 0 Å². The molecule has 3 nitrogen and oxygen atoms in total. The monoisotopic (exact) mass is 398 g/mol. The van der Waals surface area contributed by atoms with Gasteiger partial charge in [-0.25, -0.2) is 0 Å². The van der Waals surface area contributed by atoms with Crippen molar-refractivity contribution in [1.29, 1.82) is 0 Å². The summed E-state index contributed by atoms with van der Waals surface area (Å²) in [5.41, 5.74) is 8.20. The van der Waals surface area contributed by atoms with Crippen LogP contribution < -0.4 is 0 Å². The lowest BCUT2D eigenvalue weighted by Gasteiger charge is -2.25. The van der Waals surface area contributed by atoms with Gasteiger partial charge in [0.15, 0.2) is 9.52 Å². The van der Waals surface area contributed by atoms with Crippen LogP contribution in [0.5, 0.6) is 0 Å². The van der Waals surface area contributed by atoms with Gasteiger partial charge < -0.3 is 13.3 Å². The van der Waals surface area contributed by atoms with Crippen molar-refractivity contribution in [3.8, 4) is 0 Å². The van der Waals surface area contributed by atoms with Crippen molar-refractivity contribution in [1.82, 2.24) is 0 Å². The molecule has 1 rings (SSSR count). The van der Waals surface area contributed by atoms with Gasteiger partial charge in [-0.05, 0) is 93.7 Å². The average molecular weight is 399 g/mol. The first kappa shape index (κ1) is 21.6. The van der Waals surface area contributed by atoms with E-state index in [9.17, 15) is 0 Å². The molecule has 0 N–H and O–H groups in total. The van der Waals surface area contributed by atoms with E-state index < -0.39 is 17.8 Å². The van der Waals surface area contributed by atoms with Crippen molar-refractivity contribution < 1.29 is 13.3 Å². The van der Waals surface area contributed by atoms with Crippen LogP contribution >= 0.6 is 0 Å². The highest BCUT2D eigenvalue weighted by Crippen LogP contribution is 2.28. The van der Waals surface area contributed by atoms with Crippen LogP contribution in [-0.2, 0) is 13.3 Å². The van der Waals surface area contributed by atoms with Crippen LogP contribution in [0.15, 0.2) is 5.38 Å². The SMILES string of the molecule is Cc1c(C)c(C)c(C=C(O[Si](C)(C)C)[SiH2]C(O[SiH3])O[SiH3])c(C)c1C. The Kier molecular flexibility index (Phi) is 7.89. The Bertz CT molecular complexity index is 588. The van der Waals surface area contributed by atoms with Gasteiger partial charge in [-0.3, -0.25) is 0 Å². The fourth-order valence-electron chi connectivity index (χ4n) is 2.86. The van der Waals surface area contributed by atoms with E-state index in [0.717, 1.165) is 5.38 Å². The second-order valence-electron chi connectivity index (χ2n) is 7.47. The molecule has 0 heterocycles. The molecule has 1 aromatic rings. The van der Waals surface area contributed by atoms with Crippen LogP contribution in [0.4, 0.5) is 0 Å². The lowest BCUT2D eigenvalue weighted by atomic mass is 9.90. The molecule has 0 aromatic heterocycles. The summed E-state index contributed by atoms with van der Waals surface area (Å²) in [5, 5.41) is 1.12. The highest BCUT2D eigenvalue weighted by atomic mass is 28.4. The van der Waals surface area contributed by atoms with Gasteiger partial charge in [0, 0.05) is 0 Å². The summed E-state index contributed by atoms with van der Waals surface area (Å²) in [6.07, 6.45) is 2.28. The molecular formula is C17H34O3Si4. The minimum absolute atomic E-state index is 0.0285. The van der Waals surface area contributed by atoms with E-state index in [1.54, 1.807) is 0 Å². The smallest absolute Gasteiger partial charge is 0.241 e. The minimum atomic E-state index is -1.66. The summed E-state index contributed by atoms with van der Waals surface area (Å²) in [6.45, 7) is 17.8. The van der Waals surface area contributed by atoms with E-state index in [1.165, 1.54) is 33.4 Å². The molecular weight excluding hydrogens is 365 g/mol. The molecule has 0 saturated heterocycles. The molecule has 0 bridgehead atoms. The molecule has 0 aliphatic rings. The molecule has 0 fully saturated rings. The topological polar surface area (TPSA) is 27.7 Å². The molecule has 136 valence electrons. The third kappa shape index (κ3) is 5.53. The molecule has 0 aliphatic carbocycles. The highest BCUT2D eigenvalue weighted by Gasteiger charge is 2.21. The molecule has 0 atom stereocenters. The Morgan fingerprint density at radius 1 is 0.875 bits per heavy atom. The van der Waals surface area contributed by atoms with Crippen LogP contribution in [0.2, 0.25) is 19.6 Å². The molecule has 0 amide bonds. The van der Waals surface area contributed by atoms with E-state index >= 15 is 0 Å². The Morgan fingerprint density at radius 2 is 1.29 bits per heavy atom. The molecule has 0 radical (unpaired) electrons. The van der Waals surface area contributed by atoms with Crippen LogP contribution in [0.1, 0.15) is 33.4 Å². The first-order valence-electron chi connectivity index (χ1n) is 8.54. The van der Waals surface area contributed by atoms with Crippen LogP contribution in [0.3, 0.4) is 0 Å². The fraction of sp³-hybridized carbons (Fsp3) is 0.529. The average Bonchev–Trinajstić information content (AvgIpc) is 2.51. The second kappa shape index (κ2) is 8.77. The van der Waals surface area contributed by atoms with Crippen LogP contribution in [-0.4, -0.2) is 44.7 Å². The van der Waals surface area contributed by atoms with Gasteiger partial charge in [-0.1, -0.05) is 0 Å². The third-order valence-electron chi connectivity index (χ3n) is 4.69. The molecule has 7 heteroatoms. The summed E-state index contributed by atoms with van der Waals surface area (Å²) in [7, 11) is -1.00. The van der Waals surface area contributed by atoms with Gasteiger partial charge in [0.2, 0.25) is 8.32 Å². The third-order valence-corrected chi connectivity index (χ3v) is 9.99. The largest absolute Gasteiger partial charge is 0.552 e. The van der Waals surface area contributed by atoms with E-state index in [2.05, 4.69) is 60.3 Å². The van der Waals surface area contributed by atoms with Crippen molar-refractivity contribution in [2.45, 2.75) is 60.2 Å². The predicted octanol–water partition coefficient (Wildman–Crippen LogP) is 1.43. The Morgan fingerprint density at radius 3 is 1.67 bits per heavy atom. The maximum absolute atomic E-state index is 6.43. The molecule has 0 spiro atoms. The van der Waals surface area contributed by atoms with Crippen LogP contribution in [0, 0.1) is 34.6 Å². The van der Waals surface area contributed by atoms with E-state index in [-0.39, 0.29) is 5.91 Å². The zero-order valence-corrected chi connectivity index (χ0v) is 23.5. The van der Waals surface area contributed by atoms with Crippen molar-refractivity contribution in [2.75, 3.05) is 0 Å². The number of rotatable bonds is 7. The quantitative estimate of drug-likeness (QED) is 0.395. The number of hydrogen-bond acceptors (Lipinski definition) is 3. The van der Waals surface area contributed by atoms with Gasteiger partial charge >= 0.3 is 0 Å². The summed E-state index contributed by atoms with van der Waals surface area (Å²) in [4.78, 5) is 0. The maximum Gasteiger partial charge on any atom is 0.241 e. The predicted molar refractivity (Wildman–Crippen MR) is 117 cm³/mol. The number of hydrogen-bond donors (Lipinski definition) is 0. The van der Waals surface area contributed by atoms with Gasteiger partial charge in [0.25, 0.3) is 0 Å². The van der Waals surface area contributed by atoms with Crippen molar-refractivity contribution >= 4 is 44.9 Å². The Balaban J connectivity index is 3.42. The van der Waals surface area contributed by atoms with Gasteiger partial charge in [0.1, 0.15) is 26.9 Å². The van der Waals surface area contributed by atoms with E-state index in [0.29, 0.717) is 21.0 Å².